The average Bonchev–Trinajstić information content (AvgIpc) is 3.05. The highest BCUT2D eigenvalue weighted by atomic mass is 16.5. The Bertz CT molecular complexity index is 1020. The van der Waals surface area contributed by atoms with E-state index in [1.165, 1.54) is 10.7 Å². The Morgan fingerprint density at radius 2 is 2.00 bits per heavy atom. The van der Waals surface area contributed by atoms with E-state index in [-0.39, 0.29) is 17.4 Å². The lowest BCUT2D eigenvalue weighted by atomic mass is 10.2. The Hall–Kier alpha value is -3.30. The standard InChI is InChI=1S/C15H16N6O4/c1-2-7-20-12(16-18-19-20)9-25-13(22)8-21-15(24)11-6-4-3-5-10(11)14(23)17-21/h3-6H,2,7-9H2,1H3,(H,17,23). The van der Waals surface area contributed by atoms with Crippen molar-refractivity contribution in [2.45, 2.75) is 33.0 Å². The second kappa shape index (κ2) is 7.07. The van der Waals surface area contributed by atoms with Gasteiger partial charge in [0.2, 0.25) is 0 Å². The van der Waals surface area contributed by atoms with Crippen LogP contribution in [0.25, 0.3) is 10.8 Å². The normalized spacial score (nSPS) is 10.9. The number of tetrazole rings is 1. The zero-order chi connectivity index (χ0) is 17.8. The minimum atomic E-state index is -0.681. The second-order valence-corrected chi connectivity index (χ2v) is 5.36. The molecule has 2 heterocycles. The summed E-state index contributed by atoms with van der Waals surface area (Å²) in [6.45, 7) is 2.06. The SMILES string of the molecule is CCCn1nnnc1COC(=O)Cn1[nH]c(=O)c2ccccc2c1=O. The Balaban J connectivity index is 1.74. The van der Waals surface area contributed by atoms with E-state index in [4.69, 9.17) is 4.74 Å². The monoisotopic (exact) mass is 344 g/mol. The first-order chi connectivity index (χ1) is 12.1. The third-order valence-corrected chi connectivity index (χ3v) is 3.57. The van der Waals surface area contributed by atoms with Crippen LogP contribution >= 0.6 is 0 Å². The van der Waals surface area contributed by atoms with Gasteiger partial charge in [-0.05, 0) is 29.0 Å². The van der Waals surface area contributed by atoms with Gasteiger partial charge in [0.15, 0.2) is 12.4 Å². The van der Waals surface area contributed by atoms with Gasteiger partial charge in [0.05, 0.1) is 10.8 Å². The predicted octanol–water partition coefficient (Wildman–Crippen LogP) is -0.170. The van der Waals surface area contributed by atoms with E-state index in [0.29, 0.717) is 12.4 Å². The summed E-state index contributed by atoms with van der Waals surface area (Å²) < 4.78 is 7.57. The van der Waals surface area contributed by atoms with Crippen molar-refractivity contribution in [2.75, 3.05) is 0 Å². The van der Waals surface area contributed by atoms with E-state index in [1.807, 2.05) is 6.92 Å². The Kier molecular flexibility index (Phi) is 4.68. The molecule has 0 bridgehead atoms. The summed E-state index contributed by atoms with van der Waals surface area (Å²) in [5, 5.41) is 14.0. The summed E-state index contributed by atoms with van der Waals surface area (Å²) in [6, 6.07) is 6.40. The summed E-state index contributed by atoms with van der Waals surface area (Å²) >= 11 is 0. The third-order valence-electron chi connectivity index (χ3n) is 3.57. The van der Waals surface area contributed by atoms with Crippen LogP contribution in [0.15, 0.2) is 33.9 Å². The molecule has 10 nitrogen and oxygen atoms in total. The van der Waals surface area contributed by atoms with E-state index in [2.05, 4.69) is 20.6 Å². The Morgan fingerprint density at radius 3 is 2.76 bits per heavy atom. The van der Waals surface area contributed by atoms with Crippen molar-refractivity contribution in [2.24, 2.45) is 0 Å². The zero-order valence-corrected chi connectivity index (χ0v) is 13.5. The van der Waals surface area contributed by atoms with Crippen LogP contribution < -0.4 is 11.1 Å². The highest BCUT2D eigenvalue weighted by Gasteiger charge is 2.13. The van der Waals surface area contributed by atoms with E-state index in [1.54, 1.807) is 18.2 Å². The first kappa shape index (κ1) is 16.6. The molecule has 0 atom stereocenters. The van der Waals surface area contributed by atoms with Gasteiger partial charge in [0, 0.05) is 6.54 Å². The number of H-pyrrole nitrogens is 1. The third kappa shape index (κ3) is 3.47. The predicted molar refractivity (Wildman–Crippen MR) is 86.7 cm³/mol. The van der Waals surface area contributed by atoms with Gasteiger partial charge >= 0.3 is 5.97 Å². The number of nitrogens with one attached hydrogen (secondary N) is 1. The fourth-order valence-electron chi connectivity index (χ4n) is 2.39. The molecule has 25 heavy (non-hydrogen) atoms. The molecular weight excluding hydrogens is 328 g/mol. The van der Waals surface area contributed by atoms with Gasteiger partial charge in [-0.3, -0.25) is 19.5 Å². The maximum Gasteiger partial charge on any atom is 0.328 e. The molecule has 0 radical (unpaired) electrons. The van der Waals surface area contributed by atoms with Gasteiger partial charge < -0.3 is 4.74 Å². The molecule has 0 spiro atoms. The van der Waals surface area contributed by atoms with Gasteiger partial charge in [0.1, 0.15) is 6.54 Å². The molecule has 3 aromatic rings. The molecule has 0 saturated carbocycles. The van der Waals surface area contributed by atoms with E-state index >= 15 is 0 Å². The lowest BCUT2D eigenvalue weighted by Gasteiger charge is -2.08. The van der Waals surface area contributed by atoms with E-state index in [0.717, 1.165) is 11.1 Å². The van der Waals surface area contributed by atoms with Crippen LogP contribution in [-0.2, 0) is 29.2 Å². The topological polar surface area (TPSA) is 125 Å². The molecule has 1 aromatic carbocycles. The van der Waals surface area contributed by atoms with Crippen molar-refractivity contribution in [3.05, 3.63) is 50.8 Å². The summed E-state index contributed by atoms with van der Waals surface area (Å²) in [5.41, 5.74) is -0.919. The van der Waals surface area contributed by atoms with Crippen molar-refractivity contribution < 1.29 is 9.53 Å². The number of aromatic nitrogens is 6. The van der Waals surface area contributed by atoms with Gasteiger partial charge in [-0.15, -0.1) is 5.10 Å². The summed E-state index contributed by atoms with van der Waals surface area (Å²) in [5.74, 6) is -0.270. The Labute approximate surface area is 141 Å². The maximum absolute atomic E-state index is 12.3. The number of fused-ring (bicyclic) bond motifs is 1. The largest absolute Gasteiger partial charge is 0.456 e. The van der Waals surface area contributed by atoms with Crippen molar-refractivity contribution >= 4 is 16.7 Å². The average molecular weight is 344 g/mol. The molecule has 0 amide bonds. The fourth-order valence-corrected chi connectivity index (χ4v) is 2.39. The van der Waals surface area contributed by atoms with Crippen LogP contribution in [0.5, 0.6) is 0 Å². The highest BCUT2D eigenvalue weighted by molar-refractivity contribution is 5.80. The van der Waals surface area contributed by atoms with Gasteiger partial charge in [0.25, 0.3) is 11.1 Å². The van der Waals surface area contributed by atoms with Crippen LogP contribution in [0.3, 0.4) is 0 Å². The number of benzene rings is 1. The van der Waals surface area contributed by atoms with Gasteiger partial charge in [-0.1, -0.05) is 19.1 Å². The number of hydrogen-bond donors (Lipinski definition) is 1. The molecule has 130 valence electrons. The smallest absolute Gasteiger partial charge is 0.328 e. The number of carbonyl (C=O) groups excluding carboxylic acids is 1. The molecule has 10 heteroatoms. The number of nitrogens with zero attached hydrogens (tertiary/aromatic N) is 5. The van der Waals surface area contributed by atoms with Crippen molar-refractivity contribution in [1.29, 1.82) is 0 Å². The minimum Gasteiger partial charge on any atom is -0.456 e. The molecule has 0 aliphatic heterocycles. The molecule has 0 aliphatic carbocycles. The quantitative estimate of drug-likeness (QED) is 0.615. The molecule has 0 fully saturated rings. The number of carbonyl (C=O) groups is 1. The Morgan fingerprint density at radius 1 is 1.24 bits per heavy atom. The van der Waals surface area contributed by atoms with Gasteiger partial charge in [-0.25, -0.2) is 9.36 Å². The first-order valence-electron chi connectivity index (χ1n) is 7.72. The lowest BCUT2D eigenvalue weighted by Crippen LogP contribution is -2.32. The number of aromatic amines is 1. The first-order valence-corrected chi connectivity index (χ1v) is 7.72. The summed E-state index contributed by atoms with van der Waals surface area (Å²) in [4.78, 5) is 36.3. The van der Waals surface area contributed by atoms with Crippen LogP contribution in [0.4, 0.5) is 0 Å². The van der Waals surface area contributed by atoms with Crippen LogP contribution in [0.2, 0.25) is 0 Å². The molecule has 1 N–H and O–H groups in total. The minimum absolute atomic E-state index is 0.113. The highest BCUT2D eigenvalue weighted by Crippen LogP contribution is 2.03. The lowest BCUT2D eigenvalue weighted by molar-refractivity contribution is -0.146. The number of esters is 1. The number of aryl methyl sites for hydroxylation is 1. The zero-order valence-electron chi connectivity index (χ0n) is 13.5. The molecule has 0 unspecified atom stereocenters. The molecule has 0 saturated heterocycles. The maximum atomic E-state index is 12.3. The fraction of sp³-hybridized carbons (Fsp3) is 0.333. The molecule has 2 aromatic heterocycles. The molecular formula is C15H16N6O4. The van der Waals surface area contributed by atoms with Crippen LogP contribution in [-0.4, -0.2) is 36.0 Å². The van der Waals surface area contributed by atoms with E-state index in [9.17, 15) is 14.4 Å². The van der Waals surface area contributed by atoms with Crippen molar-refractivity contribution in [3.8, 4) is 0 Å². The molecule has 3 rings (SSSR count). The second-order valence-electron chi connectivity index (χ2n) is 5.36. The number of rotatable bonds is 6. The van der Waals surface area contributed by atoms with Gasteiger partial charge in [-0.2, -0.15) is 0 Å². The van der Waals surface area contributed by atoms with E-state index < -0.39 is 23.6 Å². The number of hydrogen-bond acceptors (Lipinski definition) is 7. The van der Waals surface area contributed by atoms with Crippen LogP contribution in [0.1, 0.15) is 19.2 Å². The van der Waals surface area contributed by atoms with Crippen LogP contribution in [0, 0.1) is 0 Å². The summed E-state index contributed by atoms with van der Waals surface area (Å²) in [7, 11) is 0. The van der Waals surface area contributed by atoms with Crippen molar-refractivity contribution in [1.82, 2.24) is 30.0 Å². The number of ether oxygens (including phenoxy) is 1. The van der Waals surface area contributed by atoms with Crippen molar-refractivity contribution in [3.63, 3.8) is 0 Å². The summed E-state index contributed by atoms with van der Waals surface area (Å²) in [6.07, 6.45) is 0.833. The molecule has 0 aliphatic rings.